The second kappa shape index (κ2) is 6.14. The molecule has 1 unspecified atom stereocenters. The summed E-state index contributed by atoms with van der Waals surface area (Å²) >= 11 is 0. The smallest absolute Gasteiger partial charge is 0.258 e. The van der Waals surface area contributed by atoms with Crippen molar-refractivity contribution in [2.45, 2.75) is 25.7 Å². The first-order chi connectivity index (χ1) is 9.20. The molecular formula is C16H17NO2. The van der Waals surface area contributed by atoms with Crippen LogP contribution in [0.5, 0.6) is 0 Å². The minimum Gasteiger partial charge on any atom is -0.258 e. The maximum atomic E-state index is 10.6. The third kappa shape index (κ3) is 3.41. The summed E-state index contributed by atoms with van der Waals surface area (Å²) in [5.41, 5.74) is 2.61. The lowest BCUT2D eigenvalue weighted by Crippen LogP contribution is -2.01. The van der Waals surface area contributed by atoms with Gasteiger partial charge in [0.25, 0.3) is 5.69 Å². The van der Waals surface area contributed by atoms with Gasteiger partial charge in [0, 0.05) is 12.1 Å². The highest BCUT2D eigenvalue weighted by atomic mass is 16.6. The van der Waals surface area contributed by atoms with Crippen LogP contribution in [-0.2, 0) is 6.42 Å². The average molecular weight is 255 g/mol. The Hall–Kier alpha value is -2.16. The summed E-state index contributed by atoms with van der Waals surface area (Å²) < 4.78 is 0. The van der Waals surface area contributed by atoms with Gasteiger partial charge in [-0.3, -0.25) is 10.1 Å². The summed E-state index contributed by atoms with van der Waals surface area (Å²) in [5.74, 6) is 0.461. The van der Waals surface area contributed by atoms with Gasteiger partial charge < -0.3 is 0 Å². The molecule has 0 aliphatic carbocycles. The summed E-state index contributed by atoms with van der Waals surface area (Å²) in [7, 11) is 0. The van der Waals surface area contributed by atoms with Gasteiger partial charge in [0.15, 0.2) is 0 Å². The average Bonchev–Trinajstić information content (AvgIpc) is 2.46. The third-order valence-corrected chi connectivity index (χ3v) is 3.39. The number of non-ortho nitro benzene ring substituents is 1. The van der Waals surface area contributed by atoms with Crippen molar-refractivity contribution < 1.29 is 4.92 Å². The molecule has 0 aliphatic heterocycles. The fourth-order valence-corrected chi connectivity index (χ4v) is 2.26. The molecule has 0 fully saturated rings. The highest BCUT2D eigenvalue weighted by molar-refractivity contribution is 5.34. The summed E-state index contributed by atoms with van der Waals surface area (Å²) in [6.07, 6.45) is 1.97. The molecular weight excluding hydrogens is 238 g/mol. The fraction of sp³-hybridized carbons (Fsp3) is 0.250. The van der Waals surface area contributed by atoms with E-state index in [1.807, 2.05) is 30.3 Å². The predicted molar refractivity (Wildman–Crippen MR) is 76.3 cm³/mol. The third-order valence-electron chi connectivity index (χ3n) is 3.39. The largest absolute Gasteiger partial charge is 0.269 e. The lowest BCUT2D eigenvalue weighted by atomic mass is 9.90. The molecule has 2 aromatic rings. The van der Waals surface area contributed by atoms with Crippen LogP contribution in [0.2, 0.25) is 0 Å². The summed E-state index contributed by atoms with van der Waals surface area (Å²) in [6, 6.07) is 17.2. The van der Waals surface area contributed by atoms with Crippen molar-refractivity contribution in [3.63, 3.8) is 0 Å². The number of benzene rings is 2. The van der Waals surface area contributed by atoms with Crippen LogP contribution in [-0.4, -0.2) is 4.92 Å². The molecule has 2 aromatic carbocycles. The van der Waals surface area contributed by atoms with Gasteiger partial charge in [-0.15, -0.1) is 0 Å². The number of hydrogen-bond donors (Lipinski definition) is 0. The van der Waals surface area contributed by atoms with Crippen molar-refractivity contribution in [1.82, 2.24) is 0 Å². The lowest BCUT2D eigenvalue weighted by Gasteiger charge is -2.15. The van der Waals surface area contributed by atoms with Crippen LogP contribution in [0, 0.1) is 10.1 Å². The van der Waals surface area contributed by atoms with E-state index in [4.69, 9.17) is 0 Å². The fourth-order valence-electron chi connectivity index (χ4n) is 2.26. The molecule has 0 spiro atoms. The van der Waals surface area contributed by atoms with E-state index in [0.29, 0.717) is 5.92 Å². The van der Waals surface area contributed by atoms with Crippen LogP contribution in [0.4, 0.5) is 5.69 Å². The first-order valence-electron chi connectivity index (χ1n) is 6.49. The Labute approximate surface area is 113 Å². The topological polar surface area (TPSA) is 43.1 Å². The van der Waals surface area contributed by atoms with Crippen LogP contribution >= 0.6 is 0 Å². The number of nitro groups is 1. The zero-order valence-electron chi connectivity index (χ0n) is 11.0. The van der Waals surface area contributed by atoms with Crippen LogP contribution in [0.3, 0.4) is 0 Å². The van der Waals surface area contributed by atoms with E-state index in [-0.39, 0.29) is 10.6 Å². The second-order valence-corrected chi connectivity index (χ2v) is 4.64. The van der Waals surface area contributed by atoms with E-state index >= 15 is 0 Å². The maximum Gasteiger partial charge on any atom is 0.269 e. The summed E-state index contributed by atoms with van der Waals surface area (Å²) in [5, 5.41) is 10.6. The Bertz CT molecular complexity index is 534. The van der Waals surface area contributed by atoms with Gasteiger partial charge >= 0.3 is 0 Å². The molecule has 0 N–H and O–H groups in total. The van der Waals surface area contributed by atoms with E-state index < -0.39 is 0 Å². The molecule has 0 saturated carbocycles. The minimum atomic E-state index is -0.363. The van der Waals surface area contributed by atoms with Gasteiger partial charge in [-0.2, -0.15) is 0 Å². The van der Waals surface area contributed by atoms with Crippen molar-refractivity contribution in [2.75, 3.05) is 0 Å². The second-order valence-electron chi connectivity index (χ2n) is 4.64. The Morgan fingerprint density at radius 3 is 2.21 bits per heavy atom. The van der Waals surface area contributed by atoms with Crippen molar-refractivity contribution >= 4 is 5.69 Å². The van der Waals surface area contributed by atoms with Crippen LogP contribution < -0.4 is 0 Å². The van der Waals surface area contributed by atoms with Gasteiger partial charge in [0.1, 0.15) is 0 Å². The van der Waals surface area contributed by atoms with E-state index in [9.17, 15) is 10.1 Å². The molecule has 3 nitrogen and oxygen atoms in total. The van der Waals surface area contributed by atoms with Crippen molar-refractivity contribution in [3.05, 3.63) is 75.8 Å². The van der Waals surface area contributed by atoms with Gasteiger partial charge in [0.2, 0.25) is 0 Å². The molecule has 0 aromatic heterocycles. The zero-order valence-corrected chi connectivity index (χ0v) is 11.0. The maximum absolute atomic E-state index is 10.6. The molecule has 0 radical (unpaired) electrons. The molecule has 0 aliphatic rings. The van der Waals surface area contributed by atoms with Gasteiger partial charge in [-0.05, 0) is 29.9 Å². The molecule has 0 saturated heterocycles. The van der Waals surface area contributed by atoms with Crippen LogP contribution in [0.25, 0.3) is 0 Å². The first-order valence-corrected chi connectivity index (χ1v) is 6.49. The molecule has 3 heteroatoms. The number of rotatable bonds is 5. The first kappa shape index (κ1) is 13.3. The Morgan fingerprint density at radius 2 is 1.68 bits per heavy atom. The predicted octanol–water partition coefficient (Wildman–Crippen LogP) is 4.33. The standard InChI is InChI=1S/C16H17NO2/c1-2-14(15-6-4-3-5-7-15)12-13-8-10-16(11-9-13)17(18)19/h3-11,14H,2,12H2,1H3. The van der Waals surface area contributed by atoms with Gasteiger partial charge in [-0.1, -0.05) is 49.4 Å². The summed E-state index contributed by atoms with van der Waals surface area (Å²) in [6.45, 7) is 2.17. The van der Waals surface area contributed by atoms with Crippen LogP contribution in [0.1, 0.15) is 30.4 Å². The van der Waals surface area contributed by atoms with Gasteiger partial charge in [0.05, 0.1) is 4.92 Å². The quantitative estimate of drug-likeness (QED) is 0.589. The lowest BCUT2D eigenvalue weighted by molar-refractivity contribution is -0.384. The highest BCUT2D eigenvalue weighted by Crippen LogP contribution is 2.24. The van der Waals surface area contributed by atoms with E-state index in [2.05, 4.69) is 19.1 Å². The molecule has 0 amide bonds. The van der Waals surface area contributed by atoms with Crippen molar-refractivity contribution in [1.29, 1.82) is 0 Å². The molecule has 0 heterocycles. The van der Waals surface area contributed by atoms with Crippen molar-refractivity contribution in [2.24, 2.45) is 0 Å². The Kier molecular flexibility index (Phi) is 4.29. The van der Waals surface area contributed by atoms with E-state index in [0.717, 1.165) is 18.4 Å². The van der Waals surface area contributed by atoms with E-state index in [1.165, 1.54) is 5.56 Å². The Morgan fingerprint density at radius 1 is 1.05 bits per heavy atom. The Balaban J connectivity index is 2.12. The molecule has 98 valence electrons. The molecule has 1 atom stereocenters. The number of nitro benzene ring substituents is 1. The molecule has 2 rings (SSSR count). The molecule has 0 bridgehead atoms. The normalized spacial score (nSPS) is 12.1. The minimum absolute atomic E-state index is 0.150. The summed E-state index contributed by atoms with van der Waals surface area (Å²) in [4.78, 5) is 10.3. The van der Waals surface area contributed by atoms with Crippen LogP contribution in [0.15, 0.2) is 54.6 Å². The van der Waals surface area contributed by atoms with E-state index in [1.54, 1.807) is 12.1 Å². The number of nitrogens with zero attached hydrogens (tertiary/aromatic N) is 1. The van der Waals surface area contributed by atoms with Crippen molar-refractivity contribution in [3.8, 4) is 0 Å². The highest BCUT2D eigenvalue weighted by Gasteiger charge is 2.11. The SMILES string of the molecule is CCC(Cc1ccc([N+](=O)[O-])cc1)c1ccccc1. The molecule has 19 heavy (non-hydrogen) atoms. The monoisotopic (exact) mass is 255 g/mol. The van der Waals surface area contributed by atoms with Gasteiger partial charge in [-0.25, -0.2) is 0 Å². The number of hydrogen-bond acceptors (Lipinski definition) is 2. The zero-order chi connectivity index (χ0) is 13.7.